The highest BCUT2D eigenvalue weighted by Crippen LogP contribution is 2.46. The van der Waals surface area contributed by atoms with Crippen LogP contribution in [0.15, 0.2) is 119 Å². The SMILES string of the molecule is NN=NC=NCC(O)(c1ccc(F)cc1F)C(F)(F)c1ccc(C#Cc2ccc(OCc3ccc(C(CO)n4cccn4)cc3)cc2)cn1. The lowest BCUT2D eigenvalue weighted by Gasteiger charge is -2.34. The second kappa shape index (κ2) is 15.3. The van der Waals surface area contributed by atoms with Gasteiger partial charge in [0, 0.05) is 41.3 Å². The molecule has 0 bridgehead atoms. The standard InChI is InChI=1S/C35H29F4N7O3/c36-28-11-14-30(31(37)18-28)34(48,22-41-23-43-45-40)35(38,39)33-15-8-25(19-42-33)3-2-24-6-12-29(13-7-24)49-21-26-4-9-27(10-5-26)32(20-47)46-17-1-16-44-46/h1,4-19,23,32,47-48H,20-22H2,(H2,40,41,43). The van der Waals surface area contributed by atoms with E-state index in [4.69, 9.17) is 10.6 Å². The van der Waals surface area contributed by atoms with Crippen molar-refractivity contribution in [3.05, 3.63) is 149 Å². The lowest BCUT2D eigenvalue weighted by molar-refractivity contribution is -0.193. The van der Waals surface area contributed by atoms with Gasteiger partial charge < -0.3 is 20.8 Å². The predicted octanol–water partition coefficient (Wildman–Crippen LogP) is 5.45. The molecule has 0 radical (unpaired) electrons. The lowest BCUT2D eigenvalue weighted by atomic mass is 9.84. The number of benzene rings is 3. The largest absolute Gasteiger partial charge is 0.489 e. The first kappa shape index (κ1) is 34.4. The van der Waals surface area contributed by atoms with Gasteiger partial charge in [0.15, 0.2) is 5.60 Å². The molecule has 0 aliphatic rings. The number of aliphatic imine (C=N–C) groups is 1. The van der Waals surface area contributed by atoms with Crippen LogP contribution >= 0.6 is 0 Å². The molecule has 2 aromatic heterocycles. The molecular weight excluding hydrogens is 642 g/mol. The Morgan fingerprint density at radius 2 is 1.71 bits per heavy atom. The first-order valence-electron chi connectivity index (χ1n) is 14.7. The minimum atomic E-state index is -4.20. The van der Waals surface area contributed by atoms with E-state index in [0.29, 0.717) is 36.4 Å². The summed E-state index contributed by atoms with van der Waals surface area (Å²) in [6.07, 6.45) is 5.25. The van der Waals surface area contributed by atoms with Crippen LogP contribution in [0, 0.1) is 23.5 Å². The van der Waals surface area contributed by atoms with Gasteiger partial charge in [0.25, 0.3) is 0 Å². The number of aliphatic hydroxyl groups is 2. The molecule has 3 aromatic carbocycles. The summed E-state index contributed by atoms with van der Waals surface area (Å²) >= 11 is 0. The average Bonchev–Trinajstić information content (AvgIpc) is 3.64. The Hall–Kier alpha value is -5.91. The number of alkyl halides is 2. The van der Waals surface area contributed by atoms with Crippen molar-refractivity contribution < 1.29 is 32.5 Å². The third-order valence-electron chi connectivity index (χ3n) is 7.49. The van der Waals surface area contributed by atoms with Crippen molar-refractivity contribution in [2.24, 2.45) is 21.2 Å². The molecule has 2 atom stereocenters. The molecule has 49 heavy (non-hydrogen) atoms. The fraction of sp³-hybridized carbons (Fsp3) is 0.171. The number of halogens is 4. The number of aromatic nitrogens is 3. The van der Waals surface area contributed by atoms with Crippen molar-refractivity contribution >= 4 is 6.34 Å². The molecule has 14 heteroatoms. The summed E-state index contributed by atoms with van der Waals surface area (Å²) in [5, 5.41) is 31.2. The van der Waals surface area contributed by atoms with Gasteiger partial charge in [-0.05, 0) is 65.7 Å². The third kappa shape index (κ3) is 7.98. The van der Waals surface area contributed by atoms with Gasteiger partial charge in [-0.3, -0.25) is 14.7 Å². The smallest absolute Gasteiger partial charge is 0.323 e. The Morgan fingerprint density at radius 3 is 2.35 bits per heavy atom. The van der Waals surface area contributed by atoms with Crippen LogP contribution in [0.2, 0.25) is 0 Å². The fourth-order valence-electron chi connectivity index (χ4n) is 4.87. The third-order valence-corrected chi connectivity index (χ3v) is 7.49. The molecule has 0 amide bonds. The molecule has 2 unspecified atom stereocenters. The van der Waals surface area contributed by atoms with Gasteiger partial charge in [0.1, 0.15) is 36.0 Å². The number of nitrogens with two attached hydrogens (primary N) is 1. The minimum absolute atomic E-state index is 0.0861. The zero-order chi connectivity index (χ0) is 34.9. The van der Waals surface area contributed by atoms with Crippen molar-refractivity contribution in [1.82, 2.24) is 14.8 Å². The second-order valence-electron chi connectivity index (χ2n) is 10.7. The van der Waals surface area contributed by atoms with Crippen molar-refractivity contribution in [2.75, 3.05) is 13.2 Å². The summed E-state index contributed by atoms with van der Waals surface area (Å²) in [5.74, 6) is 4.61. The Morgan fingerprint density at radius 1 is 0.980 bits per heavy atom. The van der Waals surface area contributed by atoms with Gasteiger partial charge in [-0.15, -0.1) is 5.11 Å². The molecule has 0 fully saturated rings. The van der Waals surface area contributed by atoms with E-state index in [0.717, 1.165) is 29.5 Å². The molecule has 5 rings (SSSR count). The maximum atomic E-state index is 15.8. The topological polar surface area (TPSA) is 144 Å². The zero-order valence-electron chi connectivity index (χ0n) is 25.7. The van der Waals surface area contributed by atoms with Gasteiger partial charge in [0.05, 0.1) is 19.2 Å². The Labute approximate surface area is 278 Å². The molecular formula is C35H29F4N7O3. The summed E-state index contributed by atoms with van der Waals surface area (Å²) in [6.45, 7) is -0.848. The predicted molar refractivity (Wildman–Crippen MR) is 171 cm³/mol. The fourth-order valence-corrected chi connectivity index (χ4v) is 4.87. The van der Waals surface area contributed by atoms with E-state index in [1.165, 1.54) is 6.07 Å². The number of hydrogen-bond acceptors (Lipinski definition) is 7. The highest BCUT2D eigenvalue weighted by atomic mass is 19.3. The minimum Gasteiger partial charge on any atom is -0.489 e. The lowest BCUT2D eigenvalue weighted by Crippen LogP contribution is -2.47. The maximum Gasteiger partial charge on any atom is 0.323 e. The number of ether oxygens (including phenoxy) is 1. The molecule has 10 nitrogen and oxygen atoms in total. The van der Waals surface area contributed by atoms with E-state index in [1.807, 2.05) is 24.3 Å². The summed E-state index contributed by atoms with van der Waals surface area (Å²) < 4.78 is 67.3. The molecule has 0 saturated heterocycles. The summed E-state index contributed by atoms with van der Waals surface area (Å²) in [7, 11) is 0. The maximum absolute atomic E-state index is 15.8. The number of rotatable bonds is 12. The van der Waals surface area contributed by atoms with Gasteiger partial charge in [0.2, 0.25) is 0 Å². The number of nitrogens with zero attached hydrogens (tertiary/aromatic N) is 6. The highest BCUT2D eigenvalue weighted by molar-refractivity contribution is 5.54. The Kier molecular flexibility index (Phi) is 10.8. The van der Waals surface area contributed by atoms with Crippen LogP contribution in [0.25, 0.3) is 0 Å². The first-order valence-corrected chi connectivity index (χ1v) is 14.7. The molecule has 0 aliphatic carbocycles. The van der Waals surface area contributed by atoms with Crippen LogP contribution in [0.5, 0.6) is 5.75 Å². The van der Waals surface area contributed by atoms with Gasteiger partial charge in [-0.2, -0.15) is 13.9 Å². The molecule has 5 aromatic rings. The van der Waals surface area contributed by atoms with Gasteiger partial charge in [-0.25, -0.2) is 8.78 Å². The van der Waals surface area contributed by atoms with Crippen molar-refractivity contribution in [3.8, 4) is 17.6 Å². The summed E-state index contributed by atoms with van der Waals surface area (Å²) in [4.78, 5) is 7.36. The first-order chi connectivity index (χ1) is 23.6. The van der Waals surface area contributed by atoms with E-state index in [1.54, 1.807) is 47.4 Å². The van der Waals surface area contributed by atoms with Crippen LogP contribution in [0.1, 0.15) is 39.6 Å². The highest BCUT2D eigenvalue weighted by Gasteiger charge is 2.57. The van der Waals surface area contributed by atoms with Crippen LogP contribution in [-0.2, 0) is 18.1 Å². The Bertz CT molecular complexity index is 1960. The van der Waals surface area contributed by atoms with Crippen molar-refractivity contribution in [2.45, 2.75) is 24.2 Å². The molecule has 250 valence electrons. The number of hydrogen-bond donors (Lipinski definition) is 3. The summed E-state index contributed by atoms with van der Waals surface area (Å²) in [6, 6.07) is 20.2. The van der Waals surface area contributed by atoms with Crippen molar-refractivity contribution in [3.63, 3.8) is 0 Å². The summed E-state index contributed by atoms with van der Waals surface area (Å²) in [5.41, 5.74) is -2.32. The van der Waals surface area contributed by atoms with Crippen LogP contribution < -0.4 is 10.6 Å². The van der Waals surface area contributed by atoms with E-state index >= 15 is 8.78 Å². The monoisotopic (exact) mass is 671 g/mol. The van der Waals surface area contributed by atoms with E-state index < -0.39 is 41.0 Å². The second-order valence-corrected chi connectivity index (χ2v) is 10.7. The number of aliphatic hydroxyl groups excluding tert-OH is 1. The molecule has 0 spiro atoms. The van der Waals surface area contributed by atoms with E-state index in [9.17, 15) is 19.0 Å². The quantitative estimate of drug-likeness (QED) is 0.0306. The van der Waals surface area contributed by atoms with Crippen LogP contribution in [0.3, 0.4) is 0 Å². The molecule has 0 saturated carbocycles. The average molecular weight is 672 g/mol. The van der Waals surface area contributed by atoms with Gasteiger partial charge >= 0.3 is 5.92 Å². The van der Waals surface area contributed by atoms with Gasteiger partial charge in [-0.1, -0.05) is 41.3 Å². The molecule has 0 aliphatic heterocycles. The molecule has 4 N–H and O–H groups in total. The van der Waals surface area contributed by atoms with E-state index in [-0.39, 0.29) is 18.2 Å². The normalized spacial score (nSPS) is 13.6. The van der Waals surface area contributed by atoms with Crippen LogP contribution in [-0.4, -0.2) is 44.5 Å². The van der Waals surface area contributed by atoms with E-state index in [2.05, 4.69) is 37.3 Å². The van der Waals surface area contributed by atoms with Crippen molar-refractivity contribution in [1.29, 1.82) is 0 Å². The zero-order valence-corrected chi connectivity index (χ0v) is 25.7. The van der Waals surface area contributed by atoms with Crippen LogP contribution in [0.4, 0.5) is 17.6 Å². The number of pyridine rings is 1. The Balaban J connectivity index is 1.24. The molecule has 2 heterocycles.